The molecule has 4 N–H and O–H groups in total. The Morgan fingerprint density at radius 2 is 1.53 bits per heavy atom. The topological polar surface area (TPSA) is 150 Å². The van der Waals surface area contributed by atoms with Crippen molar-refractivity contribution in [3.05, 3.63) is 35.9 Å². The highest BCUT2D eigenvalue weighted by atomic mass is 16.5. The Bertz CT molecular complexity index is 1250. The average molecular weight is 718 g/mol. The summed E-state index contributed by atoms with van der Waals surface area (Å²) in [5.41, 5.74) is 0.711. The van der Waals surface area contributed by atoms with Crippen molar-refractivity contribution in [2.75, 3.05) is 34.9 Å². The minimum absolute atomic E-state index is 0.0148. The van der Waals surface area contributed by atoms with Crippen LogP contribution < -0.4 is 16.0 Å². The summed E-state index contributed by atoms with van der Waals surface area (Å²) in [6.07, 6.45) is 0.147. The van der Waals surface area contributed by atoms with E-state index in [0.717, 1.165) is 12.8 Å². The molecule has 51 heavy (non-hydrogen) atoms. The number of amides is 4. The van der Waals surface area contributed by atoms with Gasteiger partial charge in [-0.3, -0.25) is 19.2 Å². The van der Waals surface area contributed by atoms with Gasteiger partial charge >= 0.3 is 0 Å². The maximum absolute atomic E-state index is 14.1. The maximum Gasteiger partial charge on any atom is 0.245 e. The van der Waals surface area contributed by atoms with Crippen molar-refractivity contribution in [1.29, 1.82) is 0 Å². The number of rotatable bonds is 20. The predicted molar refractivity (Wildman–Crippen MR) is 200 cm³/mol. The number of carbonyl (C=O) groups is 4. The smallest absolute Gasteiger partial charge is 0.245 e. The van der Waals surface area contributed by atoms with E-state index >= 15 is 0 Å². The van der Waals surface area contributed by atoms with Crippen LogP contribution in [0.15, 0.2) is 30.3 Å². The van der Waals surface area contributed by atoms with E-state index in [2.05, 4.69) is 16.0 Å². The van der Waals surface area contributed by atoms with Crippen molar-refractivity contribution in [3.63, 3.8) is 0 Å². The summed E-state index contributed by atoms with van der Waals surface area (Å²) in [4.78, 5) is 58.3. The lowest BCUT2D eigenvalue weighted by atomic mass is 9.89. The highest BCUT2D eigenvalue weighted by Gasteiger charge is 2.43. The van der Waals surface area contributed by atoms with E-state index in [0.29, 0.717) is 18.5 Å². The Hall–Kier alpha value is -3.06. The van der Waals surface area contributed by atoms with Gasteiger partial charge in [0.2, 0.25) is 23.6 Å². The molecule has 0 radical (unpaired) electrons. The third-order valence-corrected chi connectivity index (χ3v) is 10.7. The SMILES string of the molecule is CC[C@H](C)[C@@H]([C@@H](CC(=O)N1CCCC1[C@H](OC)[C@@H](C)C(=O)N[C@@H](C)[C@H](O)c1ccccc1)OC)N(C)C(=O)[C@@H](NC(=O)C(NC)C(C)C)C(C)C. The van der Waals surface area contributed by atoms with Gasteiger partial charge in [-0.05, 0) is 50.1 Å². The van der Waals surface area contributed by atoms with Crippen molar-refractivity contribution in [1.82, 2.24) is 25.8 Å². The van der Waals surface area contributed by atoms with Crippen molar-refractivity contribution in [3.8, 4) is 0 Å². The van der Waals surface area contributed by atoms with E-state index in [1.54, 1.807) is 52.0 Å². The van der Waals surface area contributed by atoms with Gasteiger partial charge in [0.1, 0.15) is 6.04 Å². The van der Waals surface area contributed by atoms with E-state index < -0.39 is 48.4 Å². The molecule has 0 spiro atoms. The van der Waals surface area contributed by atoms with Crippen LogP contribution in [0.2, 0.25) is 0 Å². The predicted octanol–water partition coefficient (Wildman–Crippen LogP) is 3.53. The Morgan fingerprint density at radius 1 is 0.922 bits per heavy atom. The number of aliphatic hydroxyl groups is 1. The van der Waals surface area contributed by atoms with Crippen LogP contribution in [0, 0.1) is 23.7 Å². The summed E-state index contributed by atoms with van der Waals surface area (Å²) < 4.78 is 11.9. The van der Waals surface area contributed by atoms with Crippen LogP contribution in [0.4, 0.5) is 0 Å². The number of aliphatic hydroxyl groups excluding tert-OH is 1. The van der Waals surface area contributed by atoms with Gasteiger partial charge in [-0.25, -0.2) is 0 Å². The second-order valence-electron chi connectivity index (χ2n) is 15.0. The number of likely N-dealkylation sites (N-methyl/N-ethyl adjacent to an activating group) is 2. The number of nitrogens with zero attached hydrogens (tertiary/aromatic N) is 2. The molecule has 2 rings (SSSR count). The molecule has 1 aromatic rings. The fraction of sp³-hybridized carbons (Fsp3) is 0.744. The van der Waals surface area contributed by atoms with Crippen LogP contribution in [0.25, 0.3) is 0 Å². The van der Waals surface area contributed by atoms with Gasteiger partial charge in [0.25, 0.3) is 0 Å². The standard InChI is InChI=1S/C39H67N5O7/c1-13-25(6)34(43(10)39(49)33(24(4)5)42-38(48)32(40-9)23(2)3)30(50-11)22-31(45)44-21-17-20-29(44)36(51-12)26(7)37(47)41-27(8)35(46)28-18-15-14-16-19-28/h14-16,18-19,23-27,29-30,32-36,40,46H,13,17,20-22H2,1-12H3,(H,41,47)(H,42,48)/t25-,26+,27-,29?,30+,32?,33-,34-,35-,36+/m0/s1. The van der Waals surface area contributed by atoms with Gasteiger partial charge in [-0.2, -0.15) is 0 Å². The number of benzene rings is 1. The molecular weight excluding hydrogens is 650 g/mol. The molecule has 1 aliphatic rings. The first kappa shape index (κ1) is 44.1. The molecule has 1 saturated heterocycles. The number of methoxy groups -OCH3 is 2. The maximum atomic E-state index is 14.1. The minimum atomic E-state index is -0.875. The summed E-state index contributed by atoms with van der Waals surface area (Å²) in [6.45, 7) is 15.9. The zero-order valence-electron chi connectivity index (χ0n) is 33.1. The normalized spacial score (nSPS) is 20.1. The van der Waals surface area contributed by atoms with Crippen molar-refractivity contribution < 1.29 is 33.8 Å². The van der Waals surface area contributed by atoms with Crippen molar-refractivity contribution >= 4 is 23.6 Å². The van der Waals surface area contributed by atoms with Gasteiger partial charge < -0.3 is 40.3 Å². The minimum Gasteiger partial charge on any atom is -0.386 e. The van der Waals surface area contributed by atoms with Crippen molar-refractivity contribution in [2.24, 2.45) is 23.7 Å². The molecule has 0 bridgehead atoms. The van der Waals surface area contributed by atoms with E-state index in [4.69, 9.17) is 9.47 Å². The number of hydrogen-bond acceptors (Lipinski definition) is 8. The molecule has 0 aliphatic carbocycles. The third-order valence-electron chi connectivity index (χ3n) is 10.7. The molecule has 1 fully saturated rings. The van der Waals surface area contributed by atoms with Crippen LogP contribution in [0.1, 0.15) is 92.7 Å². The second kappa shape index (κ2) is 20.8. The quantitative estimate of drug-likeness (QED) is 0.160. The lowest BCUT2D eigenvalue weighted by Gasteiger charge is -2.41. The highest BCUT2D eigenvalue weighted by Crippen LogP contribution is 2.30. The number of likely N-dealkylation sites (tertiary alicyclic amines) is 1. The first-order valence-electron chi connectivity index (χ1n) is 18.7. The molecule has 2 unspecified atom stereocenters. The molecule has 4 amide bonds. The Labute approximate surface area is 306 Å². The van der Waals surface area contributed by atoms with Gasteiger partial charge in [-0.1, -0.05) is 85.2 Å². The average Bonchev–Trinajstić information content (AvgIpc) is 3.59. The van der Waals surface area contributed by atoms with Crippen LogP contribution in [-0.4, -0.2) is 116 Å². The van der Waals surface area contributed by atoms with E-state index in [1.807, 2.05) is 71.9 Å². The second-order valence-corrected chi connectivity index (χ2v) is 15.0. The van der Waals surface area contributed by atoms with Crippen LogP contribution in [0.5, 0.6) is 0 Å². The summed E-state index contributed by atoms with van der Waals surface area (Å²) in [5, 5.41) is 19.8. The van der Waals surface area contributed by atoms with Crippen molar-refractivity contribution in [2.45, 2.75) is 130 Å². The first-order valence-corrected chi connectivity index (χ1v) is 18.7. The highest BCUT2D eigenvalue weighted by molar-refractivity contribution is 5.90. The van der Waals surface area contributed by atoms with Crippen LogP contribution >= 0.6 is 0 Å². The van der Waals surface area contributed by atoms with Gasteiger partial charge in [-0.15, -0.1) is 0 Å². The third kappa shape index (κ3) is 11.5. The van der Waals surface area contributed by atoms with E-state index in [1.165, 1.54) is 0 Å². The number of hydrogen-bond donors (Lipinski definition) is 4. The zero-order valence-corrected chi connectivity index (χ0v) is 33.1. The molecule has 290 valence electrons. The Balaban J connectivity index is 2.24. The van der Waals surface area contributed by atoms with Gasteiger partial charge in [0.05, 0.1) is 54.8 Å². The largest absolute Gasteiger partial charge is 0.386 e. The fourth-order valence-corrected chi connectivity index (χ4v) is 7.42. The summed E-state index contributed by atoms with van der Waals surface area (Å²) in [7, 11) is 6.57. The number of ether oxygens (including phenoxy) is 2. The zero-order chi connectivity index (χ0) is 38.6. The lowest BCUT2D eigenvalue weighted by molar-refractivity contribution is -0.148. The molecule has 0 saturated carbocycles. The summed E-state index contributed by atoms with van der Waals surface area (Å²) >= 11 is 0. The van der Waals surface area contributed by atoms with E-state index in [-0.39, 0.29) is 53.8 Å². The molecule has 0 aromatic heterocycles. The molecule has 10 atom stereocenters. The number of nitrogens with one attached hydrogen (secondary N) is 3. The van der Waals surface area contributed by atoms with Gasteiger partial charge in [0.15, 0.2) is 0 Å². The molecule has 1 aromatic carbocycles. The van der Waals surface area contributed by atoms with Crippen LogP contribution in [-0.2, 0) is 28.7 Å². The molecule has 1 aliphatic heterocycles. The van der Waals surface area contributed by atoms with Gasteiger partial charge in [0, 0.05) is 27.8 Å². The first-order chi connectivity index (χ1) is 24.0. The Morgan fingerprint density at radius 3 is 2.04 bits per heavy atom. The molecular formula is C39H67N5O7. The Kier molecular flexibility index (Phi) is 18.0. The fourth-order valence-electron chi connectivity index (χ4n) is 7.42. The van der Waals surface area contributed by atoms with E-state index in [9.17, 15) is 24.3 Å². The lowest BCUT2D eigenvalue weighted by Crippen LogP contribution is -2.59. The molecule has 1 heterocycles. The number of carbonyl (C=O) groups excluding carboxylic acids is 4. The molecule has 12 nitrogen and oxygen atoms in total. The monoisotopic (exact) mass is 718 g/mol. The summed E-state index contributed by atoms with van der Waals surface area (Å²) in [6, 6.07) is 6.67. The van der Waals surface area contributed by atoms with Crippen LogP contribution in [0.3, 0.4) is 0 Å². The molecule has 12 heteroatoms. The summed E-state index contributed by atoms with van der Waals surface area (Å²) in [5.74, 6) is -1.62.